The van der Waals surface area contributed by atoms with Crippen molar-refractivity contribution in [3.05, 3.63) is 85.2 Å². The Bertz CT molecular complexity index is 3010. The molecule has 0 fully saturated rings. The fourth-order valence-electron chi connectivity index (χ4n) is 9.69. The number of benzene rings is 2. The van der Waals surface area contributed by atoms with Crippen molar-refractivity contribution in [2.75, 3.05) is 11.5 Å². The summed E-state index contributed by atoms with van der Waals surface area (Å²) in [5.74, 6) is 3.89. The summed E-state index contributed by atoms with van der Waals surface area (Å²) in [7, 11) is -1.42. The molecule has 0 N–H and O–H groups in total. The average molecular weight is 971 g/mol. The molecule has 8 aromatic heterocycles. The third kappa shape index (κ3) is 7.47. The van der Waals surface area contributed by atoms with Crippen LogP contribution in [0.2, 0.25) is 0 Å². The maximum absolute atomic E-state index is 5.20. The minimum atomic E-state index is -1.42. The van der Waals surface area contributed by atoms with Gasteiger partial charge < -0.3 is 0 Å². The van der Waals surface area contributed by atoms with Crippen LogP contribution in [-0.4, -0.2) is 39.0 Å². The van der Waals surface area contributed by atoms with Gasteiger partial charge in [0.05, 0.1) is 43.0 Å². The molecule has 13 heteroatoms. The zero-order valence-corrected chi connectivity index (χ0v) is 42.3. The molecule has 11 rings (SSSR count). The molecule has 1 aliphatic rings. The molecule has 2 aromatic carbocycles. The fourth-order valence-corrected chi connectivity index (χ4v) is 21.5. The van der Waals surface area contributed by atoms with Gasteiger partial charge in [-0.25, -0.2) is 0 Å². The lowest BCUT2D eigenvalue weighted by Gasteiger charge is -2.41. The zero-order chi connectivity index (χ0) is 43.4. The van der Waals surface area contributed by atoms with E-state index in [0.717, 1.165) is 60.3 Å². The summed E-state index contributed by atoms with van der Waals surface area (Å²) in [6.45, 7) is 9.54. The topological polar surface area (TPSA) is 77.3 Å². The molecule has 0 bridgehead atoms. The number of pyridine rings is 2. The van der Waals surface area contributed by atoms with Crippen molar-refractivity contribution in [2.24, 2.45) is 11.8 Å². The molecule has 1 aliphatic heterocycles. The Morgan fingerprint density at radius 2 is 1.00 bits per heavy atom. The number of hydrogen-bond acceptors (Lipinski definition) is 12. The van der Waals surface area contributed by atoms with Gasteiger partial charge in [0, 0.05) is 52.5 Å². The molecule has 0 saturated carbocycles. The number of nitrogens with zero attached hydrogens (tertiary/aromatic N) is 6. The van der Waals surface area contributed by atoms with Gasteiger partial charge in [-0.1, -0.05) is 109 Å². The summed E-state index contributed by atoms with van der Waals surface area (Å²) in [6.07, 6.45) is 15.6. The van der Waals surface area contributed by atoms with Crippen LogP contribution in [0.5, 0.6) is 0 Å². The molecule has 2 atom stereocenters. The van der Waals surface area contributed by atoms with Gasteiger partial charge in [0.15, 0.2) is 0 Å². The Labute approximate surface area is 400 Å². The molecule has 0 saturated heterocycles. The van der Waals surface area contributed by atoms with Crippen molar-refractivity contribution in [3.8, 4) is 51.8 Å². The molecule has 0 spiro atoms. The maximum atomic E-state index is 5.20. The molecule has 0 radical (unpaired) electrons. The number of aromatic nitrogens is 6. The van der Waals surface area contributed by atoms with Gasteiger partial charge >= 0.3 is 0 Å². The third-order valence-electron chi connectivity index (χ3n) is 13.4. The number of rotatable bonds is 17. The highest BCUT2D eigenvalue weighted by Gasteiger charge is 2.44. The van der Waals surface area contributed by atoms with Crippen LogP contribution in [0.4, 0.5) is 0 Å². The van der Waals surface area contributed by atoms with Crippen LogP contribution in [-0.2, 0) is 0 Å². The molecule has 2 unspecified atom stereocenters. The van der Waals surface area contributed by atoms with Gasteiger partial charge in [0.2, 0.25) is 0 Å². The minimum absolute atomic E-state index is 0.671. The van der Waals surface area contributed by atoms with Crippen LogP contribution in [0.15, 0.2) is 95.0 Å². The van der Waals surface area contributed by atoms with E-state index in [1.54, 1.807) is 32.5 Å². The van der Waals surface area contributed by atoms with E-state index in [1.807, 2.05) is 22.7 Å². The van der Waals surface area contributed by atoms with Gasteiger partial charge in [0.1, 0.15) is 33.5 Å². The van der Waals surface area contributed by atoms with E-state index >= 15 is 0 Å². The maximum Gasteiger partial charge on any atom is 0.132 e. The highest BCUT2D eigenvalue weighted by Crippen LogP contribution is 2.77. The van der Waals surface area contributed by atoms with Crippen molar-refractivity contribution >= 4 is 121 Å². The van der Waals surface area contributed by atoms with Crippen molar-refractivity contribution in [3.63, 3.8) is 0 Å². The van der Waals surface area contributed by atoms with E-state index in [9.17, 15) is 0 Å². The summed E-state index contributed by atoms with van der Waals surface area (Å²) in [6, 6.07) is 26.9. The smallest absolute Gasteiger partial charge is 0.132 e. The largest absolute Gasteiger partial charge is 0.252 e. The second-order valence-corrected chi connectivity index (χ2v) is 26.0. The lowest BCUT2D eigenvalue weighted by atomic mass is 9.97. The van der Waals surface area contributed by atoms with Gasteiger partial charge in [-0.15, -0.1) is 45.3 Å². The van der Waals surface area contributed by atoms with Crippen LogP contribution >= 0.6 is 78.8 Å². The molecule has 10 aromatic rings. The summed E-state index contributed by atoms with van der Waals surface area (Å²) in [5.41, 5.74) is 7.79. The monoisotopic (exact) mass is 970 g/mol. The molecule has 9 heterocycles. The SMILES string of the molecule is CCCCC(CC)CCS1(CC(CC)CCCC)c2cc(-c3cnc(-c4cc5ccccc5s4)c4nsnc34)sc2-c2sc(-c3cnc(-c4cc5ccccc5s4)c4nsnc34)cc21. The van der Waals surface area contributed by atoms with Crippen LogP contribution in [0, 0.1) is 11.8 Å². The van der Waals surface area contributed by atoms with Crippen LogP contribution < -0.4 is 0 Å². The first-order chi connectivity index (χ1) is 31.5. The average Bonchev–Trinajstić information content (AvgIpc) is 4.19. The van der Waals surface area contributed by atoms with E-state index in [2.05, 4.69) is 113 Å². The fraction of sp³-hybridized carbons (Fsp3) is 0.333. The molecule has 0 amide bonds. The Kier molecular flexibility index (Phi) is 12.0. The second kappa shape index (κ2) is 18.0. The Hall–Kier alpha value is -3.95. The van der Waals surface area contributed by atoms with E-state index in [-0.39, 0.29) is 0 Å². The summed E-state index contributed by atoms with van der Waals surface area (Å²) >= 11 is 10.1. The molecular weight excluding hydrogens is 921 g/mol. The first kappa shape index (κ1) is 42.7. The summed E-state index contributed by atoms with van der Waals surface area (Å²) in [4.78, 5) is 21.3. The number of hydrogen-bond donors (Lipinski definition) is 0. The van der Waals surface area contributed by atoms with E-state index in [1.165, 1.54) is 132 Å². The number of fused-ring (bicyclic) bond motifs is 7. The predicted molar refractivity (Wildman–Crippen MR) is 283 cm³/mol. The van der Waals surface area contributed by atoms with Crippen molar-refractivity contribution in [1.29, 1.82) is 0 Å². The van der Waals surface area contributed by atoms with Crippen LogP contribution in [0.3, 0.4) is 0 Å². The normalized spacial score (nSPS) is 14.8. The summed E-state index contributed by atoms with van der Waals surface area (Å²) in [5, 5.41) is 2.48. The summed E-state index contributed by atoms with van der Waals surface area (Å²) < 4.78 is 22.3. The highest BCUT2D eigenvalue weighted by atomic mass is 32.3. The molecule has 326 valence electrons. The van der Waals surface area contributed by atoms with Crippen molar-refractivity contribution < 1.29 is 0 Å². The highest BCUT2D eigenvalue weighted by molar-refractivity contribution is 8.34. The quantitative estimate of drug-likeness (QED) is 0.0905. The van der Waals surface area contributed by atoms with Crippen molar-refractivity contribution in [2.45, 2.75) is 95.3 Å². The Morgan fingerprint density at radius 1 is 0.516 bits per heavy atom. The lowest BCUT2D eigenvalue weighted by molar-refractivity contribution is 0.440. The predicted octanol–water partition coefficient (Wildman–Crippen LogP) is 17.7. The molecule has 6 nitrogen and oxygen atoms in total. The molecule has 0 aliphatic carbocycles. The number of unbranched alkanes of at least 4 members (excludes halogenated alkanes) is 2. The first-order valence-electron chi connectivity index (χ1n) is 22.8. The lowest BCUT2D eigenvalue weighted by Crippen LogP contribution is -2.18. The van der Waals surface area contributed by atoms with E-state index in [0.29, 0.717) is 5.92 Å². The van der Waals surface area contributed by atoms with Gasteiger partial charge in [-0.05, 0) is 83.4 Å². The second-order valence-electron chi connectivity index (χ2n) is 17.2. The van der Waals surface area contributed by atoms with Gasteiger partial charge in [-0.2, -0.15) is 27.5 Å². The van der Waals surface area contributed by atoms with Crippen LogP contribution in [0.25, 0.3) is 94.0 Å². The Balaban J connectivity index is 1.06. The Morgan fingerprint density at radius 3 is 1.48 bits per heavy atom. The molecule has 64 heavy (non-hydrogen) atoms. The van der Waals surface area contributed by atoms with E-state index in [4.69, 9.17) is 27.5 Å². The van der Waals surface area contributed by atoms with E-state index < -0.39 is 10.0 Å². The molecular formula is C51H50N6S7. The standard InChI is InChI=1S/C51H50N6S7/c1-5-9-15-30(7-3)21-22-64(29-31(8-4)16-10-6-2)42-25-38(34-27-52-46(48-44(34)54-62-56-48)40-23-32-17-11-13-19-36(32)58-40)60-50(42)51-43(64)26-39(61-51)35-28-53-47(49-45(35)55-63-57-49)41-24-33-18-12-14-20-37(33)59-41/h11-14,17-20,23-28,30-31H,5-10,15-16,21-22,29H2,1-4H3. The van der Waals surface area contributed by atoms with Gasteiger partial charge in [-0.3, -0.25) is 9.97 Å². The minimum Gasteiger partial charge on any atom is -0.252 e. The first-order valence-corrected chi connectivity index (χ1v) is 29.5. The third-order valence-corrected chi connectivity index (χ3v) is 23.7. The number of thiophene rings is 4. The van der Waals surface area contributed by atoms with Crippen molar-refractivity contribution in [1.82, 2.24) is 27.5 Å². The van der Waals surface area contributed by atoms with Crippen LogP contribution in [0.1, 0.15) is 85.5 Å². The zero-order valence-electron chi connectivity index (χ0n) is 36.6. The van der Waals surface area contributed by atoms with Gasteiger partial charge in [0.25, 0.3) is 0 Å².